The summed E-state index contributed by atoms with van der Waals surface area (Å²) in [5.74, 6) is -1.40. The number of hydrogen-bond acceptors (Lipinski definition) is 14. The maximum absolute atomic E-state index is 13.0. The molecule has 4 saturated heterocycles. The largest absolute Gasteiger partial charge is 0.388 e. The van der Waals surface area contributed by atoms with Crippen LogP contribution in [0.5, 0.6) is 0 Å². The van der Waals surface area contributed by atoms with E-state index in [0.29, 0.717) is 0 Å². The van der Waals surface area contributed by atoms with Crippen molar-refractivity contribution in [3.8, 4) is 0 Å². The summed E-state index contributed by atoms with van der Waals surface area (Å²) in [6.45, 7) is 0.695. The molecule has 0 spiro atoms. The van der Waals surface area contributed by atoms with Crippen LogP contribution in [-0.4, -0.2) is 136 Å². The lowest BCUT2D eigenvalue weighted by Crippen LogP contribution is -2.66. The number of thioether (sulfide) groups is 1. The number of hydrogen-bond donors (Lipinski definition) is 8. The second-order valence-corrected chi connectivity index (χ2v) is 11.1. The van der Waals surface area contributed by atoms with E-state index in [4.69, 9.17) is 30.4 Å². The molecule has 15 nitrogen and oxygen atoms in total. The van der Waals surface area contributed by atoms with E-state index >= 15 is 0 Å². The van der Waals surface area contributed by atoms with Gasteiger partial charge >= 0.3 is 0 Å². The third-order valence-electron chi connectivity index (χ3n) is 7.13. The van der Waals surface area contributed by atoms with Gasteiger partial charge in [0.15, 0.2) is 12.6 Å². The van der Waals surface area contributed by atoms with Crippen LogP contribution in [0.1, 0.15) is 13.3 Å². The van der Waals surface area contributed by atoms with Crippen molar-refractivity contribution in [3.63, 3.8) is 0 Å². The minimum atomic E-state index is -1.42. The van der Waals surface area contributed by atoms with Crippen LogP contribution in [0.15, 0.2) is 0 Å². The van der Waals surface area contributed by atoms with Gasteiger partial charge in [-0.25, -0.2) is 0 Å². The molecule has 4 aliphatic rings. The van der Waals surface area contributed by atoms with Crippen LogP contribution in [0.2, 0.25) is 0 Å². The standard InChI is InChI=1S/C21H34N4O11S/c1-8(26)3-37-9(17(32)25-5-21-7-34-19(36-21)12(23)14(29)16(21)31)2-10(27)24-4-20-6-33-18(35-20)11(22)13(28)15(20)30/h9,11-16,18-19,28-31H,2-7,22-23H2,1H3,(H,24,27)(H,25,32)/t9?,11?,12-,13-,14-,15-,16-,18?,19?,20+,21+/m1/s1. The van der Waals surface area contributed by atoms with Crippen molar-refractivity contribution < 1.29 is 53.8 Å². The van der Waals surface area contributed by atoms with Crippen molar-refractivity contribution in [2.75, 3.05) is 32.1 Å². The lowest BCUT2D eigenvalue weighted by atomic mass is 9.88. The summed E-state index contributed by atoms with van der Waals surface area (Å²) in [6, 6.07) is -1.90. The molecular weight excluding hydrogens is 516 g/mol. The van der Waals surface area contributed by atoms with Crippen LogP contribution in [0.25, 0.3) is 0 Å². The highest BCUT2D eigenvalue weighted by Crippen LogP contribution is 2.37. The molecule has 0 saturated carbocycles. The van der Waals surface area contributed by atoms with E-state index < -0.39 is 77.3 Å². The van der Waals surface area contributed by atoms with Crippen LogP contribution in [0.4, 0.5) is 0 Å². The molecule has 4 fully saturated rings. The van der Waals surface area contributed by atoms with E-state index in [9.17, 15) is 34.8 Å². The second-order valence-electron chi connectivity index (χ2n) is 9.95. The molecule has 37 heavy (non-hydrogen) atoms. The predicted octanol–water partition coefficient (Wildman–Crippen LogP) is -5.35. The average molecular weight is 551 g/mol. The van der Waals surface area contributed by atoms with Gasteiger partial charge in [-0.05, 0) is 6.92 Å². The lowest BCUT2D eigenvalue weighted by Gasteiger charge is -2.41. The Morgan fingerprint density at radius 3 is 1.89 bits per heavy atom. The number of carbonyl (C=O) groups excluding carboxylic acids is 3. The van der Waals surface area contributed by atoms with Gasteiger partial charge in [0.25, 0.3) is 0 Å². The van der Waals surface area contributed by atoms with Gasteiger partial charge in [-0.1, -0.05) is 0 Å². The van der Waals surface area contributed by atoms with Crippen molar-refractivity contribution in [1.82, 2.24) is 10.6 Å². The molecule has 210 valence electrons. The zero-order chi connectivity index (χ0) is 27.1. The van der Waals surface area contributed by atoms with Crippen LogP contribution >= 0.6 is 11.8 Å². The number of ketones is 1. The Balaban J connectivity index is 1.35. The maximum atomic E-state index is 13.0. The minimum absolute atomic E-state index is 0.0280. The highest BCUT2D eigenvalue weighted by Gasteiger charge is 2.59. The van der Waals surface area contributed by atoms with Crippen molar-refractivity contribution >= 4 is 29.4 Å². The third-order valence-corrected chi connectivity index (χ3v) is 8.48. The smallest absolute Gasteiger partial charge is 0.233 e. The number of nitrogens with one attached hydrogen (secondary N) is 2. The highest BCUT2D eigenvalue weighted by molar-refractivity contribution is 8.01. The first-order valence-corrected chi connectivity index (χ1v) is 12.9. The van der Waals surface area contributed by atoms with Crippen molar-refractivity contribution in [1.29, 1.82) is 0 Å². The number of aliphatic hydroxyl groups is 4. The van der Waals surface area contributed by atoms with Crippen molar-refractivity contribution in [3.05, 3.63) is 0 Å². The zero-order valence-electron chi connectivity index (χ0n) is 20.1. The molecule has 0 aromatic carbocycles. The SMILES string of the molecule is CC(=O)CSC(CC(=O)NC[C@@]12COC(O1)C(N)[C@@H](O)[C@H]2O)C(=O)NC[C@@]12COC(O1)[C@H](N)[C@@H](O)[C@H]2O. The predicted molar refractivity (Wildman–Crippen MR) is 125 cm³/mol. The Hall–Kier alpha value is -1.44. The molecule has 4 unspecified atom stereocenters. The molecule has 11 atom stereocenters. The Morgan fingerprint density at radius 1 is 0.919 bits per heavy atom. The average Bonchev–Trinajstić information content (AvgIpc) is 3.48. The fourth-order valence-electron chi connectivity index (χ4n) is 4.78. The number of rotatable bonds is 10. The molecule has 4 rings (SSSR count). The van der Waals surface area contributed by atoms with E-state index in [1.54, 1.807) is 0 Å². The second kappa shape index (κ2) is 11.0. The van der Waals surface area contributed by atoms with Crippen LogP contribution in [0.3, 0.4) is 0 Å². The first kappa shape index (κ1) is 28.6. The summed E-state index contributed by atoms with van der Waals surface area (Å²) < 4.78 is 22.1. The summed E-state index contributed by atoms with van der Waals surface area (Å²) in [5, 5.41) is 45.5. The molecule has 0 aliphatic carbocycles. The minimum Gasteiger partial charge on any atom is -0.388 e. The van der Waals surface area contributed by atoms with Gasteiger partial charge in [-0.2, -0.15) is 0 Å². The van der Waals surface area contributed by atoms with Gasteiger partial charge in [0.2, 0.25) is 11.8 Å². The number of fused-ring (bicyclic) bond motifs is 4. The first-order chi connectivity index (χ1) is 17.4. The summed E-state index contributed by atoms with van der Waals surface area (Å²) in [4.78, 5) is 37.3. The Kier molecular flexibility index (Phi) is 8.47. The molecule has 16 heteroatoms. The molecule has 4 aliphatic heterocycles. The number of carbonyl (C=O) groups is 3. The number of amides is 2. The fourth-order valence-corrected chi connectivity index (χ4v) is 5.72. The number of nitrogens with two attached hydrogens (primary N) is 2. The molecule has 2 amide bonds. The summed E-state index contributed by atoms with van der Waals surface area (Å²) in [7, 11) is 0. The summed E-state index contributed by atoms with van der Waals surface area (Å²) >= 11 is 0.959. The monoisotopic (exact) mass is 550 g/mol. The Bertz CT molecular complexity index is 901. The number of aliphatic hydroxyl groups excluding tert-OH is 4. The van der Waals surface area contributed by atoms with Gasteiger partial charge in [0, 0.05) is 6.42 Å². The third kappa shape index (κ3) is 5.51. The van der Waals surface area contributed by atoms with Gasteiger partial charge < -0.3 is 61.5 Å². The summed E-state index contributed by atoms with van der Waals surface area (Å²) in [5.41, 5.74) is 8.75. The van der Waals surface area contributed by atoms with Gasteiger partial charge in [0.05, 0.1) is 49.4 Å². The first-order valence-electron chi connectivity index (χ1n) is 11.9. The van der Waals surface area contributed by atoms with Crippen molar-refractivity contribution in [2.24, 2.45) is 11.5 Å². The lowest BCUT2D eigenvalue weighted by molar-refractivity contribution is -0.217. The molecule has 10 N–H and O–H groups in total. The van der Waals surface area contributed by atoms with Gasteiger partial charge in [0.1, 0.15) is 41.4 Å². The van der Waals surface area contributed by atoms with Crippen LogP contribution in [0, 0.1) is 0 Å². The Morgan fingerprint density at radius 2 is 1.41 bits per heavy atom. The van der Waals surface area contributed by atoms with Crippen LogP contribution < -0.4 is 22.1 Å². The highest BCUT2D eigenvalue weighted by atomic mass is 32.2. The molecule has 4 heterocycles. The fraction of sp³-hybridized carbons (Fsp3) is 0.857. The van der Waals surface area contributed by atoms with Crippen molar-refractivity contribution in [2.45, 2.75) is 78.9 Å². The Labute approximate surface area is 216 Å². The van der Waals surface area contributed by atoms with Gasteiger partial charge in [-0.3, -0.25) is 14.4 Å². The molecule has 4 bridgehead atoms. The van der Waals surface area contributed by atoms with E-state index in [2.05, 4.69) is 10.6 Å². The maximum Gasteiger partial charge on any atom is 0.233 e. The van der Waals surface area contributed by atoms with E-state index in [-0.39, 0.29) is 44.3 Å². The quantitative estimate of drug-likeness (QED) is 0.127. The zero-order valence-corrected chi connectivity index (χ0v) is 21.0. The number of ether oxygens (including phenoxy) is 4. The van der Waals surface area contributed by atoms with Crippen LogP contribution in [-0.2, 0) is 33.3 Å². The molecule has 0 aromatic heterocycles. The topological polar surface area (TPSA) is 245 Å². The van der Waals surface area contributed by atoms with E-state index in [1.807, 2.05) is 0 Å². The summed E-state index contributed by atoms with van der Waals surface area (Å²) in [6.07, 6.45) is -7.66. The number of Topliss-reactive ketones (excluding diaryl/α,β-unsaturated/α-hetero) is 1. The van der Waals surface area contributed by atoms with E-state index in [1.165, 1.54) is 6.92 Å². The van der Waals surface area contributed by atoms with Gasteiger partial charge in [-0.15, -0.1) is 11.8 Å². The van der Waals surface area contributed by atoms with E-state index in [0.717, 1.165) is 11.8 Å². The molecule has 0 radical (unpaired) electrons. The normalized spacial score (nSPS) is 43.3. The molecular formula is C21H34N4O11S. The molecule has 0 aromatic rings.